The van der Waals surface area contributed by atoms with Crippen LogP contribution in [0.2, 0.25) is 0 Å². The quantitative estimate of drug-likeness (QED) is 0.757. The van der Waals surface area contributed by atoms with Gasteiger partial charge in [0, 0.05) is 19.5 Å². The molecule has 5 rings (SSSR count). The first-order valence-corrected chi connectivity index (χ1v) is 12.4. The third-order valence-electron chi connectivity index (χ3n) is 6.90. The first kappa shape index (κ1) is 19.1. The van der Waals surface area contributed by atoms with E-state index in [-0.39, 0.29) is 0 Å². The molecule has 0 aromatic heterocycles. The number of fused-ring (bicyclic) bond motifs is 2. The summed E-state index contributed by atoms with van der Waals surface area (Å²) in [6.45, 7) is 1.95. The molecule has 2 aliphatic heterocycles. The van der Waals surface area contributed by atoms with Gasteiger partial charge in [-0.2, -0.15) is 4.31 Å². The summed E-state index contributed by atoms with van der Waals surface area (Å²) in [7, 11) is -3.43. The topological polar surface area (TPSA) is 46.6 Å². The van der Waals surface area contributed by atoms with Crippen LogP contribution < -0.4 is 4.74 Å². The van der Waals surface area contributed by atoms with Gasteiger partial charge in [-0.05, 0) is 85.3 Å². The molecule has 0 saturated carbocycles. The number of ether oxygens (including phenoxy) is 1. The van der Waals surface area contributed by atoms with E-state index in [9.17, 15) is 8.42 Å². The highest BCUT2D eigenvalue weighted by molar-refractivity contribution is 7.89. The largest absolute Gasteiger partial charge is 0.493 e. The van der Waals surface area contributed by atoms with Crippen LogP contribution >= 0.6 is 0 Å². The van der Waals surface area contributed by atoms with Crippen LogP contribution in [0.1, 0.15) is 42.4 Å². The van der Waals surface area contributed by atoms with Crippen molar-refractivity contribution >= 4 is 10.0 Å². The van der Waals surface area contributed by atoms with Crippen molar-refractivity contribution in [2.45, 2.75) is 49.8 Å². The van der Waals surface area contributed by atoms with Crippen molar-refractivity contribution in [2.24, 2.45) is 11.8 Å². The minimum Gasteiger partial charge on any atom is -0.493 e. The molecule has 5 heteroatoms. The summed E-state index contributed by atoms with van der Waals surface area (Å²) in [4.78, 5) is 0.425. The zero-order valence-corrected chi connectivity index (χ0v) is 17.7. The highest BCUT2D eigenvalue weighted by Crippen LogP contribution is 2.34. The molecule has 4 nitrogen and oxygen atoms in total. The molecule has 3 aliphatic rings. The average Bonchev–Trinajstić information content (AvgIpc) is 3.22. The molecular weight excluding hydrogens is 382 g/mol. The summed E-state index contributed by atoms with van der Waals surface area (Å²) in [5, 5.41) is 0. The van der Waals surface area contributed by atoms with Crippen molar-refractivity contribution in [2.75, 3.05) is 19.7 Å². The van der Waals surface area contributed by atoms with E-state index in [4.69, 9.17) is 4.74 Å². The number of aryl methyl sites for hydroxylation is 1. The van der Waals surface area contributed by atoms with Crippen LogP contribution in [-0.4, -0.2) is 32.4 Å². The van der Waals surface area contributed by atoms with E-state index in [2.05, 4.69) is 24.3 Å². The Balaban J connectivity index is 1.27. The van der Waals surface area contributed by atoms with Gasteiger partial charge in [0.1, 0.15) is 5.75 Å². The molecule has 154 valence electrons. The lowest BCUT2D eigenvalue weighted by molar-refractivity contribution is 0.222. The third-order valence-corrected chi connectivity index (χ3v) is 8.76. The van der Waals surface area contributed by atoms with Crippen molar-refractivity contribution in [3.63, 3.8) is 0 Å². The number of piperidine rings is 1. The molecule has 0 amide bonds. The molecule has 2 atom stereocenters. The van der Waals surface area contributed by atoms with Gasteiger partial charge in [-0.1, -0.05) is 24.3 Å². The van der Waals surface area contributed by atoms with Gasteiger partial charge >= 0.3 is 0 Å². The van der Waals surface area contributed by atoms with Gasteiger partial charge in [-0.3, -0.25) is 0 Å². The van der Waals surface area contributed by atoms with Gasteiger partial charge in [0.25, 0.3) is 0 Å². The van der Waals surface area contributed by atoms with Crippen molar-refractivity contribution in [3.05, 3.63) is 59.2 Å². The molecule has 0 bridgehead atoms. The minimum atomic E-state index is -3.43. The Labute approximate surface area is 173 Å². The van der Waals surface area contributed by atoms with Crippen molar-refractivity contribution in [3.8, 4) is 5.75 Å². The van der Waals surface area contributed by atoms with Crippen molar-refractivity contribution < 1.29 is 13.2 Å². The maximum atomic E-state index is 13.3. The number of hydrogen-bond donors (Lipinski definition) is 0. The molecule has 2 aromatic carbocycles. The average molecular weight is 412 g/mol. The molecular formula is C24H29NO3S. The van der Waals surface area contributed by atoms with Crippen LogP contribution in [0.3, 0.4) is 0 Å². The standard InChI is InChI=1S/C24H29NO3S/c26-29(27,23-9-10-24-22(16-23)11-13-28-24)25-12-3-4-19(17-25)14-18-7-8-20-5-1-2-6-21(20)15-18/h1-2,5-6,9-10,16,18-19H,3-4,7-8,11-15,17H2. The lowest BCUT2D eigenvalue weighted by Gasteiger charge is -2.35. The second-order valence-corrected chi connectivity index (χ2v) is 10.8. The zero-order valence-electron chi connectivity index (χ0n) is 16.8. The number of rotatable bonds is 4. The highest BCUT2D eigenvalue weighted by atomic mass is 32.2. The Bertz CT molecular complexity index is 1000. The second kappa shape index (κ2) is 7.77. The Morgan fingerprint density at radius 3 is 2.72 bits per heavy atom. The molecule has 0 spiro atoms. The molecule has 1 saturated heterocycles. The molecule has 29 heavy (non-hydrogen) atoms. The van der Waals surface area contributed by atoms with Gasteiger partial charge < -0.3 is 4.74 Å². The summed E-state index contributed by atoms with van der Waals surface area (Å²) >= 11 is 0. The zero-order chi connectivity index (χ0) is 19.8. The smallest absolute Gasteiger partial charge is 0.243 e. The van der Waals surface area contributed by atoms with Crippen LogP contribution in [-0.2, 0) is 29.3 Å². The predicted molar refractivity (Wildman–Crippen MR) is 114 cm³/mol. The summed E-state index contributed by atoms with van der Waals surface area (Å²) in [5.74, 6) is 1.97. The highest BCUT2D eigenvalue weighted by Gasteiger charge is 2.32. The fourth-order valence-electron chi connectivity index (χ4n) is 5.36. The minimum absolute atomic E-state index is 0.425. The summed E-state index contributed by atoms with van der Waals surface area (Å²) < 4.78 is 33.8. The Kier molecular flexibility index (Phi) is 5.12. The lowest BCUT2D eigenvalue weighted by Crippen LogP contribution is -2.40. The molecule has 1 aliphatic carbocycles. The van der Waals surface area contributed by atoms with E-state index in [0.29, 0.717) is 36.4 Å². The van der Waals surface area contributed by atoms with E-state index in [0.717, 1.165) is 49.8 Å². The van der Waals surface area contributed by atoms with Gasteiger partial charge in [0.15, 0.2) is 0 Å². The first-order chi connectivity index (χ1) is 14.1. The predicted octanol–water partition coefficient (Wildman–Crippen LogP) is 4.22. The van der Waals surface area contributed by atoms with E-state index < -0.39 is 10.0 Å². The molecule has 0 N–H and O–H groups in total. The fraction of sp³-hybridized carbons (Fsp3) is 0.500. The van der Waals surface area contributed by atoms with Gasteiger partial charge in [-0.25, -0.2) is 8.42 Å². The van der Waals surface area contributed by atoms with Crippen LogP contribution in [0.15, 0.2) is 47.4 Å². The maximum absolute atomic E-state index is 13.3. The number of nitrogens with zero attached hydrogens (tertiary/aromatic N) is 1. The van der Waals surface area contributed by atoms with E-state index >= 15 is 0 Å². The van der Waals surface area contributed by atoms with Crippen molar-refractivity contribution in [1.29, 1.82) is 0 Å². The van der Waals surface area contributed by atoms with Gasteiger partial charge in [0.05, 0.1) is 11.5 Å². The Morgan fingerprint density at radius 2 is 1.83 bits per heavy atom. The summed E-state index contributed by atoms with van der Waals surface area (Å²) in [6.07, 6.45) is 7.56. The van der Waals surface area contributed by atoms with Crippen molar-refractivity contribution in [1.82, 2.24) is 4.31 Å². The fourth-order valence-corrected chi connectivity index (χ4v) is 6.96. The van der Waals surface area contributed by atoms with Crippen LogP contribution in [0.25, 0.3) is 0 Å². The second-order valence-electron chi connectivity index (χ2n) is 8.85. The SMILES string of the molecule is O=S(=O)(c1ccc2c(c1)CCO2)N1CCCC(CC2CCc3ccccc3C2)C1. The van der Waals surface area contributed by atoms with Gasteiger partial charge in [0.2, 0.25) is 10.0 Å². The number of hydrogen-bond acceptors (Lipinski definition) is 3. The summed E-state index contributed by atoms with van der Waals surface area (Å²) in [5.41, 5.74) is 4.00. The number of benzene rings is 2. The van der Waals surface area contributed by atoms with E-state index in [1.54, 1.807) is 10.4 Å². The molecule has 1 fully saturated rings. The third kappa shape index (κ3) is 3.82. The van der Waals surface area contributed by atoms with Crippen LogP contribution in [0.5, 0.6) is 5.75 Å². The Morgan fingerprint density at radius 1 is 0.966 bits per heavy atom. The van der Waals surface area contributed by atoms with Crippen LogP contribution in [0.4, 0.5) is 0 Å². The first-order valence-electron chi connectivity index (χ1n) is 10.9. The lowest BCUT2D eigenvalue weighted by atomic mass is 9.78. The van der Waals surface area contributed by atoms with E-state index in [1.807, 2.05) is 12.1 Å². The number of sulfonamides is 1. The molecule has 2 unspecified atom stereocenters. The normalized spacial score (nSPS) is 24.6. The Hall–Kier alpha value is -1.85. The van der Waals surface area contributed by atoms with Crippen LogP contribution in [0, 0.1) is 11.8 Å². The molecule has 0 radical (unpaired) electrons. The molecule has 2 heterocycles. The van der Waals surface area contributed by atoms with Gasteiger partial charge in [-0.15, -0.1) is 0 Å². The molecule has 2 aromatic rings. The summed E-state index contributed by atoms with van der Waals surface area (Å²) in [6, 6.07) is 14.1. The monoisotopic (exact) mass is 411 g/mol. The van der Waals surface area contributed by atoms with E-state index in [1.165, 1.54) is 17.5 Å². The maximum Gasteiger partial charge on any atom is 0.243 e.